The molecule has 0 radical (unpaired) electrons. The molecular weight excluding hydrogens is 680 g/mol. The fourth-order valence-corrected chi connectivity index (χ4v) is 6.28. The fourth-order valence-electron chi connectivity index (χ4n) is 4.45. The summed E-state index contributed by atoms with van der Waals surface area (Å²) in [5, 5.41) is 8.35. The van der Waals surface area contributed by atoms with E-state index in [1.165, 1.54) is 36.0 Å². The van der Waals surface area contributed by atoms with Gasteiger partial charge in [0.1, 0.15) is 16.8 Å². The van der Waals surface area contributed by atoms with Crippen molar-refractivity contribution < 1.29 is 18.8 Å². The van der Waals surface area contributed by atoms with Crippen LogP contribution in [0, 0.1) is 5.82 Å². The summed E-state index contributed by atoms with van der Waals surface area (Å²) >= 11 is 19.8. The molecule has 5 aromatic rings. The van der Waals surface area contributed by atoms with Crippen LogP contribution in [0.3, 0.4) is 0 Å². The Morgan fingerprint density at radius 1 is 0.702 bits per heavy atom. The van der Waals surface area contributed by atoms with Gasteiger partial charge in [-0.2, -0.15) is 0 Å². The van der Waals surface area contributed by atoms with Crippen LogP contribution in [0.1, 0.15) is 26.7 Å². The number of hydrogen-bond donors (Lipinski definition) is 3. The van der Waals surface area contributed by atoms with Crippen molar-refractivity contribution in [3.63, 3.8) is 0 Å². The first-order chi connectivity index (χ1) is 22.7. The Labute approximate surface area is 289 Å². The molecule has 3 amide bonds. The fraction of sp³-hybridized carbons (Fsp3) is 0.0278. The summed E-state index contributed by atoms with van der Waals surface area (Å²) in [4.78, 5) is 40.8. The van der Waals surface area contributed by atoms with E-state index in [-0.39, 0.29) is 22.2 Å². The predicted octanol–water partition coefficient (Wildman–Crippen LogP) is 9.67. The van der Waals surface area contributed by atoms with Crippen molar-refractivity contribution in [2.75, 3.05) is 10.6 Å². The van der Waals surface area contributed by atoms with Gasteiger partial charge in [0.05, 0.1) is 5.02 Å². The molecule has 0 fully saturated rings. The lowest BCUT2D eigenvalue weighted by Crippen LogP contribution is -2.30. The lowest BCUT2D eigenvalue weighted by molar-refractivity contribution is -0.116. The molecule has 3 N–H and O–H groups in total. The van der Waals surface area contributed by atoms with Gasteiger partial charge in [0, 0.05) is 37.4 Å². The third kappa shape index (κ3) is 9.24. The molecule has 0 aliphatic carbocycles. The SMILES string of the molecule is O=C(Nc1cccc(SC(C(=O)Nc2cc(Cl)cc(Cl)c2)c2ccccc2)c1)/C(=C\c1c(F)cccc1Cl)NC(=O)c1ccccc1. The minimum atomic E-state index is -0.717. The second kappa shape index (κ2) is 15.8. The summed E-state index contributed by atoms with van der Waals surface area (Å²) < 4.78 is 14.7. The van der Waals surface area contributed by atoms with Crippen LogP contribution in [-0.4, -0.2) is 17.7 Å². The standard InChI is InChI=1S/C36H25Cl3FN3O3S/c37-24-17-25(38)19-27(18-24)42-36(46)33(22-9-3-1-4-10-22)47-28-14-7-13-26(20-28)41-35(45)32(21-29-30(39)15-8-16-31(29)40)43-34(44)23-11-5-2-6-12-23/h1-21,33H,(H,41,45)(H,42,46)(H,43,44)/b32-21+. The number of carbonyl (C=O) groups is 3. The minimum absolute atomic E-state index is 0.0605. The van der Waals surface area contributed by atoms with Crippen molar-refractivity contribution in [2.45, 2.75) is 10.1 Å². The number of anilines is 2. The Hall–Kier alpha value is -4.60. The zero-order valence-corrected chi connectivity index (χ0v) is 27.4. The van der Waals surface area contributed by atoms with Crippen molar-refractivity contribution in [1.29, 1.82) is 0 Å². The van der Waals surface area contributed by atoms with E-state index in [0.29, 0.717) is 31.9 Å². The summed E-state index contributed by atoms with van der Waals surface area (Å²) in [6, 6.07) is 33.2. The Kier molecular flexibility index (Phi) is 11.3. The van der Waals surface area contributed by atoms with Crippen LogP contribution < -0.4 is 16.0 Å². The number of nitrogens with one attached hydrogen (secondary N) is 3. The molecule has 0 spiro atoms. The van der Waals surface area contributed by atoms with Crippen LogP contribution in [-0.2, 0) is 9.59 Å². The van der Waals surface area contributed by atoms with Gasteiger partial charge in [-0.1, -0.05) is 95.5 Å². The van der Waals surface area contributed by atoms with Gasteiger partial charge in [0.15, 0.2) is 0 Å². The summed E-state index contributed by atoms with van der Waals surface area (Å²) in [7, 11) is 0. The highest BCUT2D eigenvalue weighted by Gasteiger charge is 2.23. The number of amides is 3. The summed E-state index contributed by atoms with van der Waals surface area (Å²) in [6.07, 6.45) is 1.18. The molecule has 0 aromatic heterocycles. The van der Waals surface area contributed by atoms with Crippen molar-refractivity contribution in [1.82, 2.24) is 5.32 Å². The molecule has 1 atom stereocenters. The molecule has 0 saturated heterocycles. The predicted molar refractivity (Wildman–Crippen MR) is 188 cm³/mol. The van der Waals surface area contributed by atoms with Gasteiger partial charge in [-0.15, -0.1) is 11.8 Å². The maximum Gasteiger partial charge on any atom is 0.272 e. The zero-order valence-electron chi connectivity index (χ0n) is 24.3. The first-order valence-electron chi connectivity index (χ1n) is 14.1. The van der Waals surface area contributed by atoms with E-state index in [4.69, 9.17) is 34.8 Å². The van der Waals surface area contributed by atoms with Gasteiger partial charge in [-0.05, 0) is 72.3 Å². The maximum absolute atomic E-state index is 14.7. The van der Waals surface area contributed by atoms with Gasteiger partial charge in [-0.3, -0.25) is 14.4 Å². The molecule has 0 heterocycles. The number of hydrogen-bond acceptors (Lipinski definition) is 4. The first kappa shape index (κ1) is 33.8. The summed E-state index contributed by atoms with van der Waals surface area (Å²) in [5.74, 6) is -2.27. The molecule has 0 saturated carbocycles. The quantitative estimate of drug-likeness (QED) is 0.0998. The van der Waals surface area contributed by atoms with Gasteiger partial charge < -0.3 is 16.0 Å². The molecule has 236 valence electrons. The van der Waals surface area contributed by atoms with Crippen molar-refractivity contribution in [3.8, 4) is 0 Å². The van der Waals surface area contributed by atoms with Crippen LogP contribution in [0.4, 0.5) is 15.8 Å². The largest absolute Gasteiger partial charge is 0.325 e. The van der Waals surface area contributed by atoms with Crippen molar-refractivity contribution in [3.05, 3.63) is 165 Å². The number of thioether (sulfide) groups is 1. The third-order valence-corrected chi connectivity index (χ3v) is 8.65. The van der Waals surface area contributed by atoms with Crippen molar-refractivity contribution in [2.24, 2.45) is 0 Å². The zero-order chi connectivity index (χ0) is 33.3. The van der Waals surface area contributed by atoms with Crippen LogP contribution in [0.25, 0.3) is 6.08 Å². The second-order valence-corrected chi connectivity index (χ2v) is 12.5. The Morgan fingerprint density at radius 2 is 1.36 bits per heavy atom. The Bertz CT molecular complexity index is 1920. The molecule has 0 aliphatic heterocycles. The number of benzene rings is 5. The Balaban J connectivity index is 1.40. The number of halogens is 4. The number of carbonyl (C=O) groups excluding carboxylic acids is 3. The average Bonchev–Trinajstić information content (AvgIpc) is 3.05. The van der Waals surface area contributed by atoms with E-state index in [9.17, 15) is 18.8 Å². The lowest BCUT2D eigenvalue weighted by Gasteiger charge is -2.18. The molecule has 47 heavy (non-hydrogen) atoms. The van der Waals surface area contributed by atoms with Crippen LogP contribution in [0.5, 0.6) is 0 Å². The monoisotopic (exact) mass is 703 g/mol. The molecule has 0 bridgehead atoms. The molecule has 11 heteroatoms. The van der Waals surface area contributed by atoms with Crippen molar-refractivity contribution >= 4 is 81.7 Å². The molecular formula is C36H25Cl3FN3O3S. The molecule has 1 unspecified atom stereocenters. The van der Waals surface area contributed by atoms with E-state index in [1.54, 1.807) is 72.8 Å². The van der Waals surface area contributed by atoms with Crippen LogP contribution in [0.15, 0.2) is 132 Å². The third-order valence-electron chi connectivity index (χ3n) is 6.63. The summed E-state index contributed by atoms with van der Waals surface area (Å²) in [5.41, 5.74) is 1.57. The average molecular weight is 705 g/mol. The smallest absolute Gasteiger partial charge is 0.272 e. The number of rotatable bonds is 10. The summed E-state index contributed by atoms with van der Waals surface area (Å²) in [6.45, 7) is 0. The first-order valence-corrected chi connectivity index (χ1v) is 16.1. The van der Waals surface area contributed by atoms with E-state index < -0.39 is 22.9 Å². The molecule has 5 rings (SSSR count). The topological polar surface area (TPSA) is 87.3 Å². The van der Waals surface area contributed by atoms with E-state index >= 15 is 0 Å². The Morgan fingerprint density at radius 3 is 2.04 bits per heavy atom. The van der Waals surface area contributed by atoms with Gasteiger partial charge >= 0.3 is 0 Å². The van der Waals surface area contributed by atoms with Crippen LogP contribution >= 0.6 is 46.6 Å². The van der Waals surface area contributed by atoms with E-state index in [0.717, 1.165) is 5.56 Å². The van der Waals surface area contributed by atoms with Gasteiger partial charge in [-0.25, -0.2) is 4.39 Å². The molecule has 6 nitrogen and oxygen atoms in total. The second-order valence-electron chi connectivity index (χ2n) is 10.1. The van der Waals surface area contributed by atoms with Gasteiger partial charge in [0.2, 0.25) is 5.91 Å². The highest BCUT2D eigenvalue weighted by atomic mass is 35.5. The highest BCUT2D eigenvalue weighted by Crippen LogP contribution is 2.37. The van der Waals surface area contributed by atoms with E-state index in [2.05, 4.69) is 16.0 Å². The minimum Gasteiger partial charge on any atom is -0.325 e. The maximum atomic E-state index is 14.7. The highest BCUT2D eigenvalue weighted by molar-refractivity contribution is 8.00. The van der Waals surface area contributed by atoms with Gasteiger partial charge in [0.25, 0.3) is 11.8 Å². The molecule has 0 aliphatic rings. The molecule has 5 aromatic carbocycles. The normalized spacial score (nSPS) is 11.8. The lowest BCUT2D eigenvalue weighted by atomic mass is 10.1. The van der Waals surface area contributed by atoms with E-state index in [1.807, 2.05) is 30.3 Å². The van der Waals surface area contributed by atoms with Crippen LogP contribution in [0.2, 0.25) is 15.1 Å².